The van der Waals surface area contributed by atoms with Crippen LogP contribution in [-0.2, 0) is 0 Å². The Morgan fingerprint density at radius 3 is 2.37 bits per heavy atom. The second-order valence-electron chi connectivity index (χ2n) is 7.24. The number of nitrogens with zero attached hydrogens (tertiary/aromatic N) is 2. The maximum atomic E-state index is 6.49. The molecule has 0 saturated carbocycles. The number of hydrogen-bond acceptors (Lipinski definition) is 5. The molecule has 0 spiro atoms. The van der Waals surface area contributed by atoms with Crippen LogP contribution < -0.4 is 14.2 Å². The first-order chi connectivity index (χ1) is 14.7. The molecule has 0 bridgehead atoms. The van der Waals surface area contributed by atoms with Crippen molar-refractivity contribution in [3.8, 4) is 17.2 Å². The van der Waals surface area contributed by atoms with Crippen LogP contribution in [0, 0.1) is 0 Å². The summed E-state index contributed by atoms with van der Waals surface area (Å²) in [6.45, 7) is 0. The van der Waals surface area contributed by atoms with Gasteiger partial charge in [-0.2, -0.15) is 5.10 Å². The Balaban J connectivity index is 1.64. The van der Waals surface area contributed by atoms with Crippen molar-refractivity contribution in [2.75, 3.05) is 14.2 Å². The van der Waals surface area contributed by atoms with Gasteiger partial charge < -0.3 is 14.2 Å². The maximum absolute atomic E-state index is 6.49. The van der Waals surface area contributed by atoms with E-state index in [-0.39, 0.29) is 6.04 Å². The van der Waals surface area contributed by atoms with Gasteiger partial charge in [0.15, 0.2) is 11.5 Å². The smallest absolute Gasteiger partial charge is 0.217 e. The number of ether oxygens (including phenoxy) is 3. The summed E-state index contributed by atoms with van der Waals surface area (Å²) >= 11 is 6.08. The standard InChI is InChI=1S/C24H21ClN2O3/c1-28-21-8-4-3-6-18(21)24-27-20(17-7-5-9-22(29-2)23(17)30-24)14-19(26-27)15-10-12-16(25)13-11-15/h3-13,20,24H,14H2,1-2H3/t20-,24+/m0/s1. The predicted octanol–water partition coefficient (Wildman–Crippen LogP) is 5.60. The largest absolute Gasteiger partial charge is 0.496 e. The summed E-state index contributed by atoms with van der Waals surface area (Å²) in [5, 5.41) is 7.72. The minimum atomic E-state index is -0.431. The van der Waals surface area contributed by atoms with Crippen LogP contribution >= 0.6 is 11.6 Å². The van der Waals surface area contributed by atoms with Crippen molar-refractivity contribution in [1.82, 2.24) is 5.01 Å². The number of fused-ring (bicyclic) bond motifs is 3. The maximum Gasteiger partial charge on any atom is 0.217 e. The molecule has 3 aromatic carbocycles. The van der Waals surface area contributed by atoms with Gasteiger partial charge in [0, 0.05) is 17.0 Å². The van der Waals surface area contributed by atoms with Gasteiger partial charge >= 0.3 is 0 Å². The van der Waals surface area contributed by atoms with E-state index in [0.29, 0.717) is 10.8 Å². The van der Waals surface area contributed by atoms with Crippen LogP contribution in [0.1, 0.15) is 35.4 Å². The Morgan fingerprint density at radius 1 is 0.900 bits per heavy atom. The van der Waals surface area contributed by atoms with Crippen molar-refractivity contribution in [3.63, 3.8) is 0 Å². The molecule has 0 amide bonds. The normalized spacial score (nSPS) is 19.4. The van der Waals surface area contributed by atoms with E-state index in [1.165, 1.54) is 0 Å². The van der Waals surface area contributed by atoms with E-state index in [2.05, 4.69) is 6.07 Å². The molecule has 5 nitrogen and oxygen atoms in total. The third kappa shape index (κ3) is 3.06. The lowest BCUT2D eigenvalue weighted by atomic mass is 9.95. The van der Waals surface area contributed by atoms with Crippen LogP contribution in [0.5, 0.6) is 17.2 Å². The van der Waals surface area contributed by atoms with E-state index in [4.69, 9.17) is 30.9 Å². The highest BCUT2D eigenvalue weighted by atomic mass is 35.5. The van der Waals surface area contributed by atoms with E-state index < -0.39 is 6.23 Å². The Hall–Kier alpha value is -3.18. The first-order valence-corrected chi connectivity index (χ1v) is 10.2. The molecule has 152 valence electrons. The average Bonchev–Trinajstić information content (AvgIpc) is 3.24. The molecule has 0 fully saturated rings. The quantitative estimate of drug-likeness (QED) is 0.551. The first-order valence-electron chi connectivity index (χ1n) is 9.78. The average molecular weight is 421 g/mol. The number of rotatable bonds is 4. The molecule has 0 unspecified atom stereocenters. The topological polar surface area (TPSA) is 43.3 Å². The molecule has 0 saturated heterocycles. The van der Waals surface area contributed by atoms with Crippen LogP contribution in [0.4, 0.5) is 0 Å². The summed E-state index contributed by atoms with van der Waals surface area (Å²) in [7, 11) is 3.33. The Morgan fingerprint density at radius 2 is 1.60 bits per heavy atom. The van der Waals surface area contributed by atoms with Crippen LogP contribution in [-0.4, -0.2) is 24.9 Å². The molecule has 5 rings (SSSR count). The lowest BCUT2D eigenvalue weighted by Gasteiger charge is -2.39. The SMILES string of the molecule is COc1ccccc1[C@H]1Oc2c(OC)cccc2[C@@H]2CC(c3ccc(Cl)cc3)=NN12. The van der Waals surface area contributed by atoms with Gasteiger partial charge in [0.05, 0.1) is 31.5 Å². The fourth-order valence-corrected chi connectivity index (χ4v) is 4.26. The first kappa shape index (κ1) is 18.8. The molecule has 2 aliphatic rings. The molecule has 0 N–H and O–H groups in total. The van der Waals surface area contributed by atoms with Gasteiger partial charge in [0.2, 0.25) is 6.23 Å². The summed E-state index contributed by atoms with van der Waals surface area (Å²) < 4.78 is 17.7. The van der Waals surface area contributed by atoms with Gasteiger partial charge in [-0.05, 0) is 35.9 Å². The monoisotopic (exact) mass is 420 g/mol. The minimum Gasteiger partial charge on any atom is -0.496 e. The lowest BCUT2D eigenvalue weighted by molar-refractivity contribution is -0.0221. The number of para-hydroxylation sites is 2. The Bertz CT molecular complexity index is 1110. The van der Waals surface area contributed by atoms with E-state index in [1.807, 2.05) is 65.7 Å². The zero-order valence-corrected chi connectivity index (χ0v) is 17.5. The fraction of sp³-hybridized carbons (Fsp3) is 0.208. The fourth-order valence-electron chi connectivity index (χ4n) is 4.14. The van der Waals surface area contributed by atoms with Crippen molar-refractivity contribution in [1.29, 1.82) is 0 Å². The number of halogens is 1. The molecule has 6 heteroatoms. The highest BCUT2D eigenvalue weighted by molar-refractivity contribution is 6.30. The summed E-state index contributed by atoms with van der Waals surface area (Å²) in [6.07, 6.45) is 0.330. The van der Waals surface area contributed by atoms with Gasteiger partial charge in [0.25, 0.3) is 0 Å². The lowest BCUT2D eigenvalue weighted by Crippen LogP contribution is -2.34. The van der Waals surface area contributed by atoms with Crippen molar-refractivity contribution >= 4 is 17.3 Å². The molecule has 30 heavy (non-hydrogen) atoms. The number of hydrazone groups is 1. The van der Waals surface area contributed by atoms with Crippen LogP contribution in [0.25, 0.3) is 0 Å². The predicted molar refractivity (Wildman–Crippen MR) is 117 cm³/mol. The third-order valence-corrected chi connectivity index (χ3v) is 5.83. The highest BCUT2D eigenvalue weighted by Gasteiger charge is 2.43. The molecular weight excluding hydrogens is 400 g/mol. The number of hydrogen-bond donors (Lipinski definition) is 0. The zero-order valence-electron chi connectivity index (χ0n) is 16.7. The van der Waals surface area contributed by atoms with Gasteiger partial charge in [-0.15, -0.1) is 0 Å². The van der Waals surface area contributed by atoms with Gasteiger partial charge in [-0.3, -0.25) is 0 Å². The Kier molecular flexibility index (Phi) is 4.75. The number of methoxy groups -OCH3 is 2. The summed E-state index contributed by atoms with van der Waals surface area (Å²) in [5.41, 5.74) is 4.03. The van der Waals surface area contributed by atoms with E-state index in [9.17, 15) is 0 Å². The molecule has 3 aromatic rings. The Labute approximate surface area is 180 Å². The molecule has 2 atom stereocenters. The van der Waals surface area contributed by atoms with Crippen LogP contribution in [0.2, 0.25) is 5.02 Å². The van der Waals surface area contributed by atoms with E-state index in [1.54, 1.807) is 14.2 Å². The number of benzene rings is 3. The van der Waals surface area contributed by atoms with Crippen molar-refractivity contribution in [2.24, 2.45) is 5.10 Å². The van der Waals surface area contributed by atoms with Crippen molar-refractivity contribution in [3.05, 3.63) is 88.4 Å². The van der Waals surface area contributed by atoms with Crippen LogP contribution in [0.3, 0.4) is 0 Å². The molecule has 2 aliphatic heterocycles. The summed E-state index contributed by atoms with van der Waals surface area (Å²) in [5.74, 6) is 2.23. The zero-order chi connectivity index (χ0) is 20.7. The second kappa shape index (κ2) is 7.58. The van der Waals surface area contributed by atoms with Gasteiger partial charge in [-0.1, -0.05) is 48.0 Å². The summed E-state index contributed by atoms with van der Waals surface area (Å²) in [4.78, 5) is 0. The molecular formula is C24H21ClN2O3. The molecule has 0 aliphatic carbocycles. The van der Waals surface area contributed by atoms with E-state index >= 15 is 0 Å². The van der Waals surface area contributed by atoms with Gasteiger partial charge in [-0.25, -0.2) is 5.01 Å². The third-order valence-electron chi connectivity index (χ3n) is 5.58. The minimum absolute atomic E-state index is 0.0319. The van der Waals surface area contributed by atoms with Gasteiger partial charge in [0.1, 0.15) is 5.75 Å². The highest BCUT2D eigenvalue weighted by Crippen LogP contribution is 2.51. The van der Waals surface area contributed by atoms with Crippen molar-refractivity contribution in [2.45, 2.75) is 18.7 Å². The molecule has 0 aromatic heterocycles. The van der Waals surface area contributed by atoms with E-state index in [0.717, 1.165) is 40.3 Å². The summed E-state index contributed by atoms with van der Waals surface area (Å²) in [6, 6.07) is 21.7. The van der Waals surface area contributed by atoms with Crippen molar-refractivity contribution < 1.29 is 14.2 Å². The van der Waals surface area contributed by atoms with Crippen LogP contribution in [0.15, 0.2) is 71.8 Å². The molecule has 0 radical (unpaired) electrons. The molecule has 2 heterocycles. The second-order valence-corrected chi connectivity index (χ2v) is 7.68.